The molecule has 13 heavy (non-hydrogen) atoms. The van der Waals surface area contributed by atoms with Gasteiger partial charge in [-0.1, -0.05) is 6.92 Å². The number of aromatic nitrogens is 1. The average Bonchev–Trinajstić information content (AvgIpc) is 2.74. The molecule has 3 N–H and O–H groups in total. The highest BCUT2D eigenvalue weighted by Gasteiger charge is 1.91. The second kappa shape index (κ2) is 6.69. The molecule has 0 radical (unpaired) electrons. The molecule has 0 atom stereocenters. The van der Waals surface area contributed by atoms with Gasteiger partial charge in [0.2, 0.25) is 0 Å². The molecule has 1 aromatic rings. The summed E-state index contributed by atoms with van der Waals surface area (Å²) in [5, 5.41) is 6.44. The summed E-state index contributed by atoms with van der Waals surface area (Å²) in [4.78, 5) is 3.09. The Morgan fingerprint density at radius 2 is 1.77 bits per heavy atom. The number of hydrogen-bond acceptors (Lipinski definition) is 2. The maximum atomic E-state index is 3.22. The topological polar surface area (TPSA) is 39.8 Å². The Morgan fingerprint density at radius 1 is 1.15 bits per heavy atom. The minimum Gasteiger partial charge on any atom is -0.365 e. The second-order valence-corrected chi connectivity index (χ2v) is 3.05. The molecule has 0 aliphatic carbocycles. The predicted molar refractivity (Wildman–Crippen MR) is 55.9 cm³/mol. The average molecular weight is 181 g/mol. The quantitative estimate of drug-likeness (QED) is 0.598. The van der Waals surface area contributed by atoms with E-state index < -0.39 is 0 Å². The monoisotopic (exact) mass is 181 g/mol. The van der Waals surface area contributed by atoms with Crippen LogP contribution in [0.2, 0.25) is 0 Å². The highest BCUT2D eigenvalue weighted by atomic mass is 15.0. The van der Waals surface area contributed by atoms with Crippen LogP contribution in [0.25, 0.3) is 0 Å². The molecule has 74 valence electrons. The van der Waals surface area contributed by atoms with Crippen molar-refractivity contribution in [1.29, 1.82) is 0 Å². The van der Waals surface area contributed by atoms with Gasteiger partial charge in [0.1, 0.15) is 0 Å². The van der Waals surface area contributed by atoms with Crippen molar-refractivity contribution in [3.63, 3.8) is 0 Å². The van der Waals surface area contributed by atoms with Crippen LogP contribution in [0.1, 0.15) is 12.6 Å². The smallest absolute Gasteiger partial charge is 0.0144 e. The lowest BCUT2D eigenvalue weighted by Crippen LogP contribution is -2.39. The number of aryl methyl sites for hydroxylation is 1. The third-order valence-electron chi connectivity index (χ3n) is 2.00. The van der Waals surface area contributed by atoms with Gasteiger partial charge < -0.3 is 15.6 Å². The third kappa shape index (κ3) is 4.70. The van der Waals surface area contributed by atoms with Gasteiger partial charge in [-0.25, -0.2) is 0 Å². The van der Waals surface area contributed by atoms with Gasteiger partial charge in [-0.3, -0.25) is 0 Å². The summed E-state index contributed by atoms with van der Waals surface area (Å²) < 4.78 is 0. The van der Waals surface area contributed by atoms with Gasteiger partial charge >= 0.3 is 0 Å². The van der Waals surface area contributed by atoms with Crippen molar-refractivity contribution < 1.29 is 0 Å². The molecular formula is C10H19N3. The fourth-order valence-electron chi connectivity index (χ4n) is 1.19. The maximum Gasteiger partial charge on any atom is 0.0144 e. The zero-order valence-corrected chi connectivity index (χ0v) is 8.27. The zero-order valence-electron chi connectivity index (χ0n) is 8.27. The summed E-state index contributed by atoms with van der Waals surface area (Å²) in [6, 6.07) is 4.10. The van der Waals surface area contributed by atoms with E-state index in [4.69, 9.17) is 0 Å². The van der Waals surface area contributed by atoms with Crippen LogP contribution >= 0.6 is 0 Å². The standard InChI is InChI=1S/C6H9N.C4H10N2/c1-2-6-4-3-5-7-6;1-2-6-4-3-5-1/h3-5,7H,2H2,1H3;5-6H,1-4H2. The first kappa shape index (κ1) is 10.3. The highest BCUT2D eigenvalue weighted by molar-refractivity contribution is 5.02. The van der Waals surface area contributed by atoms with Crippen LogP contribution in [-0.4, -0.2) is 31.2 Å². The number of piperazine rings is 1. The van der Waals surface area contributed by atoms with Crippen LogP contribution in [0, 0.1) is 0 Å². The van der Waals surface area contributed by atoms with Crippen molar-refractivity contribution in [3.8, 4) is 0 Å². The van der Waals surface area contributed by atoms with E-state index in [2.05, 4.69) is 28.6 Å². The summed E-state index contributed by atoms with van der Waals surface area (Å²) in [5.74, 6) is 0. The van der Waals surface area contributed by atoms with Gasteiger partial charge in [-0.2, -0.15) is 0 Å². The van der Waals surface area contributed by atoms with Crippen LogP contribution in [0.15, 0.2) is 18.3 Å². The van der Waals surface area contributed by atoms with E-state index in [0.29, 0.717) is 0 Å². The van der Waals surface area contributed by atoms with E-state index >= 15 is 0 Å². The van der Waals surface area contributed by atoms with Crippen molar-refractivity contribution in [1.82, 2.24) is 15.6 Å². The van der Waals surface area contributed by atoms with Gasteiger partial charge in [0.15, 0.2) is 0 Å². The summed E-state index contributed by atoms with van der Waals surface area (Å²) in [6.07, 6.45) is 3.05. The fraction of sp³-hybridized carbons (Fsp3) is 0.600. The van der Waals surface area contributed by atoms with Crippen LogP contribution in [0.4, 0.5) is 0 Å². The summed E-state index contributed by atoms with van der Waals surface area (Å²) in [5.41, 5.74) is 1.31. The van der Waals surface area contributed by atoms with Crippen LogP contribution in [0.3, 0.4) is 0 Å². The predicted octanol–water partition coefficient (Wildman–Crippen LogP) is 0.756. The maximum absolute atomic E-state index is 3.22. The van der Waals surface area contributed by atoms with E-state index in [1.54, 1.807) is 0 Å². The van der Waals surface area contributed by atoms with Gasteiger partial charge in [0.05, 0.1) is 0 Å². The van der Waals surface area contributed by atoms with Gasteiger partial charge in [-0.15, -0.1) is 0 Å². The molecule has 0 unspecified atom stereocenters. The number of rotatable bonds is 1. The molecule has 0 spiro atoms. The molecule has 1 aliphatic rings. The largest absolute Gasteiger partial charge is 0.365 e. The van der Waals surface area contributed by atoms with Gasteiger partial charge in [0.25, 0.3) is 0 Å². The molecule has 1 aromatic heterocycles. The first-order valence-electron chi connectivity index (χ1n) is 4.97. The Kier molecular flexibility index (Phi) is 5.29. The first-order valence-corrected chi connectivity index (χ1v) is 4.97. The Morgan fingerprint density at radius 3 is 2.00 bits per heavy atom. The first-order chi connectivity index (χ1) is 6.43. The van der Waals surface area contributed by atoms with Crippen LogP contribution < -0.4 is 10.6 Å². The lowest BCUT2D eigenvalue weighted by molar-refractivity contribution is 0.534. The van der Waals surface area contributed by atoms with E-state index in [0.717, 1.165) is 32.6 Å². The summed E-state index contributed by atoms with van der Waals surface area (Å²) in [7, 11) is 0. The zero-order chi connectivity index (χ0) is 9.36. The Labute approximate surface area is 79.9 Å². The minimum atomic E-state index is 1.10. The van der Waals surface area contributed by atoms with E-state index in [1.165, 1.54) is 5.69 Å². The number of hydrogen-bond donors (Lipinski definition) is 3. The van der Waals surface area contributed by atoms with Crippen molar-refractivity contribution in [2.45, 2.75) is 13.3 Å². The molecule has 1 aliphatic heterocycles. The van der Waals surface area contributed by atoms with Crippen LogP contribution in [-0.2, 0) is 6.42 Å². The number of H-pyrrole nitrogens is 1. The van der Waals surface area contributed by atoms with Crippen molar-refractivity contribution >= 4 is 0 Å². The molecule has 1 fully saturated rings. The Hall–Kier alpha value is -0.800. The SMILES string of the molecule is C1CNCCN1.CCc1ccc[nH]1. The van der Waals surface area contributed by atoms with Crippen LogP contribution in [0.5, 0.6) is 0 Å². The molecule has 0 aromatic carbocycles. The second-order valence-electron chi connectivity index (χ2n) is 3.05. The third-order valence-corrected chi connectivity index (χ3v) is 2.00. The van der Waals surface area contributed by atoms with E-state index in [-0.39, 0.29) is 0 Å². The lowest BCUT2D eigenvalue weighted by atomic mass is 10.4. The molecule has 3 heteroatoms. The van der Waals surface area contributed by atoms with Gasteiger partial charge in [0, 0.05) is 38.1 Å². The normalized spacial score (nSPS) is 16.1. The molecule has 2 heterocycles. The molecule has 2 rings (SSSR count). The molecule has 3 nitrogen and oxygen atoms in total. The Balaban J connectivity index is 0.000000132. The van der Waals surface area contributed by atoms with Crippen molar-refractivity contribution in [2.24, 2.45) is 0 Å². The molecule has 0 bridgehead atoms. The highest BCUT2D eigenvalue weighted by Crippen LogP contribution is 1.92. The van der Waals surface area contributed by atoms with E-state index in [1.807, 2.05) is 12.3 Å². The Bertz CT molecular complexity index is 178. The van der Waals surface area contributed by atoms with Crippen molar-refractivity contribution in [3.05, 3.63) is 24.0 Å². The van der Waals surface area contributed by atoms with Crippen molar-refractivity contribution in [2.75, 3.05) is 26.2 Å². The molecule has 0 amide bonds. The lowest BCUT2D eigenvalue weighted by Gasteiger charge is -2.11. The molecule has 0 saturated carbocycles. The summed E-state index contributed by atoms with van der Waals surface area (Å²) in [6.45, 7) is 6.69. The number of nitrogens with one attached hydrogen (secondary N) is 3. The van der Waals surface area contributed by atoms with Gasteiger partial charge in [-0.05, 0) is 18.6 Å². The molecule has 1 saturated heterocycles. The van der Waals surface area contributed by atoms with E-state index in [9.17, 15) is 0 Å². The molecular weight excluding hydrogens is 162 g/mol. The minimum absolute atomic E-state index is 1.10. The fourth-order valence-corrected chi connectivity index (χ4v) is 1.19. The number of aromatic amines is 1. The summed E-state index contributed by atoms with van der Waals surface area (Å²) >= 11 is 0.